The predicted octanol–water partition coefficient (Wildman–Crippen LogP) is 2.24. The lowest BCUT2D eigenvalue weighted by molar-refractivity contribution is 0.344. The molecule has 0 bridgehead atoms. The zero-order valence-corrected chi connectivity index (χ0v) is 12.2. The van der Waals surface area contributed by atoms with Crippen molar-refractivity contribution in [2.45, 2.75) is 24.0 Å². The van der Waals surface area contributed by atoms with E-state index in [9.17, 15) is 0 Å². The van der Waals surface area contributed by atoms with Crippen LogP contribution in [0.2, 0.25) is 0 Å². The SMILES string of the molecule is N#Cc1ccc(OCCSc2nnc(N)n2C2CC2)cc1. The number of rotatable bonds is 6. The van der Waals surface area contributed by atoms with Gasteiger partial charge in [0.2, 0.25) is 5.95 Å². The van der Waals surface area contributed by atoms with E-state index < -0.39 is 0 Å². The molecular formula is C14H15N5OS. The normalized spacial score (nSPS) is 13.9. The van der Waals surface area contributed by atoms with Gasteiger partial charge in [0.1, 0.15) is 5.75 Å². The topological polar surface area (TPSA) is 89.8 Å². The molecule has 0 radical (unpaired) electrons. The summed E-state index contributed by atoms with van der Waals surface area (Å²) in [5.41, 5.74) is 6.45. The molecule has 0 unspecified atom stereocenters. The second-order valence-corrected chi connectivity index (χ2v) is 5.84. The highest BCUT2D eigenvalue weighted by atomic mass is 32.2. The van der Waals surface area contributed by atoms with Gasteiger partial charge in [0, 0.05) is 11.8 Å². The lowest BCUT2D eigenvalue weighted by Crippen LogP contribution is -2.04. The molecule has 6 nitrogen and oxygen atoms in total. The van der Waals surface area contributed by atoms with Gasteiger partial charge in [-0.3, -0.25) is 4.57 Å². The summed E-state index contributed by atoms with van der Waals surface area (Å²) in [6, 6.07) is 9.64. The minimum atomic E-state index is 0.474. The van der Waals surface area contributed by atoms with Crippen molar-refractivity contribution in [3.8, 4) is 11.8 Å². The number of thioether (sulfide) groups is 1. The van der Waals surface area contributed by atoms with E-state index in [1.165, 1.54) is 0 Å². The number of anilines is 1. The summed E-state index contributed by atoms with van der Waals surface area (Å²) in [5, 5.41) is 17.6. The first-order valence-corrected chi connectivity index (χ1v) is 7.72. The van der Waals surface area contributed by atoms with Crippen molar-refractivity contribution >= 4 is 17.7 Å². The monoisotopic (exact) mass is 301 g/mol. The molecule has 2 N–H and O–H groups in total. The van der Waals surface area contributed by atoms with Crippen LogP contribution in [-0.4, -0.2) is 27.1 Å². The second kappa shape index (κ2) is 6.06. The predicted molar refractivity (Wildman–Crippen MR) is 80.1 cm³/mol. The molecule has 21 heavy (non-hydrogen) atoms. The van der Waals surface area contributed by atoms with Crippen LogP contribution in [0.3, 0.4) is 0 Å². The molecule has 0 atom stereocenters. The van der Waals surface area contributed by atoms with Crippen molar-refractivity contribution in [3.63, 3.8) is 0 Å². The smallest absolute Gasteiger partial charge is 0.222 e. The van der Waals surface area contributed by atoms with Gasteiger partial charge >= 0.3 is 0 Å². The first-order valence-electron chi connectivity index (χ1n) is 6.74. The second-order valence-electron chi connectivity index (χ2n) is 4.78. The number of nitriles is 1. The van der Waals surface area contributed by atoms with Gasteiger partial charge in [0.05, 0.1) is 18.2 Å². The summed E-state index contributed by atoms with van der Waals surface area (Å²) in [7, 11) is 0. The number of nitrogens with two attached hydrogens (primary N) is 1. The number of aromatic nitrogens is 3. The Morgan fingerprint density at radius 3 is 2.76 bits per heavy atom. The van der Waals surface area contributed by atoms with Crippen LogP contribution in [0.15, 0.2) is 29.4 Å². The standard InChI is InChI=1S/C14H15N5OS/c15-9-10-1-5-12(6-2-10)20-7-8-21-14-18-17-13(16)19(14)11-3-4-11/h1-2,5-6,11H,3-4,7-8H2,(H2,16,17). The Hall–Kier alpha value is -2.20. The van der Waals surface area contributed by atoms with Gasteiger partial charge in [-0.05, 0) is 37.1 Å². The minimum Gasteiger partial charge on any atom is -0.493 e. The van der Waals surface area contributed by atoms with Gasteiger partial charge in [-0.15, -0.1) is 10.2 Å². The van der Waals surface area contributed by atoms with E-state index in [-0.39, 0.29) is 0 Å². The van der Waals surface area contributed by atoms with Crippen molar-refractivity contribution in [3.05, 3.63) is 29.8 Å². The van der Waals surface area contributed by atoms with Crippen molar-refractivity contribution in [2.24, 2.45) is 0 Å². The highest BCUT2D eigenvalue weighted by Gasteiger charge is 2.28. The quantitative estimate of drug-likeness (QED) is 0.650. The number of ether oxygens (including phenoxy) is 1. The molecule has 1 saturated carbocycles. The van der Waals surface area contributed by atoms with Crippen LogP contribution < -0.4 is 10.5 Å². The number of nitrogens with zero attached hydrogens (tertiary/aromatic N) is 4. The summed E-state index contributed by atoms with van der Waals surface area (Å²) in [4.78, 5) is 0. The Bertz CT molecular complexity index is 657. The lowest BCUT2D eigenvalue weighted by atomic mass is 10.2. The van der Waals surface area contributed by atoms with Crippen LogP contribution in [-0.2, 0) is 0 Å². The van der Waals surface area contributed by atoms with Gasteiger partial charge in [0.25, 0.3) is 0 Å². The maximum absolute atomic E-state index is 8.73. The molecule has 1 fully saturated rings. The van der Waals surface area contributed by atoms with E-state index in [0.29, 0.717) is 24.2 Å². The maximum Gasteiger partial charge on any atom is 0.222 e. The number of hydrogen-bond acceptors (Lipinski definition) is 6. The summed E-state index contributed by atoms with van der Waals surface area (Å²) in [6.07, 6.45) is 2.30. The van der Waals surface area contributed by atoms with E-state index in [2.05, 4.69) is 16.3 Å². The molecule has 1 heterocycles. The first kappa shape index (κ1) is 13.8. The first-order chi connectivity index (χ1) is 10.3. The van der Waals surface area contributed by atoms with Gasteiger partial charge in [-0.1, -0.05) is 11.8 Å². The van der Waals surface area contributed by atoms with E-state index in [0.717, 1.165) is 29.5 Å². The Balaban J connectivity index is 1.49. The molecule has 1 aromatic carbocycles. The molecule has 0 saturated heterocycles. The Labute approximate surface area is 126 Å². The highest BCUT2D eigenvalue weighted by molar-refractivity contribution is 7.99. The average molecular weight is 301 g/mol. The van der Waals surface area contributed by atoms with Crippen molar-refractivity contribution in [1.82, 2.24) is 14.8 Å². The molecule has 0 amide bonds. The van der Waals surface area contributed by atoms with Crippen LogP contribution in [0, 0.1) is 11.3 Å². The van der Waals surface area contributed by atoms with Crippen molar-refractivity contribution in [2.75, 3.05) is 18.1 Å². The van der Waals surface area contributed by atoms with Crippen molar-refractivity contribution in [1.29, 1.82) is 5.26 Å². The average Bonchev–Trinajstić information content (AvgIpc) is 3.28. The van der Waals surface area contributed by atoms with Gasteiger partial charge < -0.3 is 10.5 Å². The Morgan fingerprint density at radius 1 is 1.33 bits per heavy atom. The summed E-state index contributed by atoms with van der Waals surface area (Å²) in [5.74, 6) is 2.02. The van der Waals surface area contributed by atoms with E-state index in [1.807, 2.05) is 4.57 Å². The number of hydrogen-bond donors (Lipinski definition) is 1. The summed E-state index contributed by atoms with van der Waals surface area (Å²) >= 11 is 1.60. The number of nitrogen functional groups attached to an aromatic ring is 1. The third-order valence-electron chi connectivity index (χ3n) is 3.17. The van der Waals surface area contributed by atoms with Crippen LogP contribution in [0.5, 0.6) is 5.75 Å². The van der Waals surface area contributed by atoms with Crippen molar-refractivity contribution < 1.29 is 4.74 Å². The zero-order chi connectivity index (χ0) is 14.7. The minimum absolute atomic E-state index is 0.474. The van der Waals surface area contributed by atoms with Gasteiger partial charge in [-0.2, -0.15) is 5.26 Å². The molecular weight excluding hydrogens is 286 g/mol. The van der Waals surface area contributed by atoms with Crippen LogP contribution >= 0.6 is 11.8 Å². The number of benzene rings is 1. The Morgan fingerprint density at radius 2 is 2.10 bits per heavy atom. The summed E-state index contributed by atoms with van der Waals surface area (Å²) < 4.78 is 7.64. The Kier molecular flexibility index (Phi) is 3.97. The molecule has 1 aliphatic rings. The van der Waals surface area contributed by atoms with E-state index in [1.54, 1.807) is 36.0 Å². The fraction of sp³-hybridized carbons (Fsp3) is 0.357. The van der Waals surface area contributed by atoms with Crippen LogP contribution in [0.25, 0.3) is 0 Å². The molecule has 108 valence electrons. The lowest BCUT2D eigenvalue weighted by Gasteiger charge is -2.07. The zero-order valence-electron chi connectivity index (χ0n) is 11.4. The van der Waals surface area contributed by atoms with Gasteiger partial charge in [-0.25, -0.2) is 0 Å². The molecule has 2 aromatic rings. The molecule has 1 aromatic heterocycles. The van der Waals surface area contributed by atoms with Crippen LogP contribution in [0.4, 0.5) is 5.95 Å². The third kappa shape index (κ3) is 3.28. The molecule has 7 heteroatoms. The molecule has 0 aliphatic heterocycles. The third-order valence-corrected chi connectivity index (χ3v) is 4.08. The largest absolute Gasteiger partial charge is 0.493 e. The molecule has 1 aliphatic carbocycles. The van der Waals surface area contributed by atoms with E-state index in [4.69, 9.17) is 15.7 Å². The van der Waals surface area contributed by atoms with E-state index >= 15 is 0 Å². The highest BCUT2D eigenvalue weighted by Crippen LogP contribution is 2.39. The van der Waals surface area contributed by atoms with Gasteiger partial charge in [0.15, 0.2) is 5.16 Å². The fourth-order valence-electron chi connectivity index (χ4n) is 1.98. The fourth-order valence-corrected chi connectivity index (χ4v) is 2.81. The summed E-state index contributed by atoms with van der Waals surface area (Å²) in [6.45, 7) is 0.563. The maximum atomic E-state index is 8.73. The van der Waals surface area contributed by atoms with Crippen LogP contribution in [0.1, 0.15) is 24.4 Å². The molecule has 0 spiro atoms. The molecule has 3 rings (SSSR count).